The molecule has 0 radical (unpaired) electrons. The minimum Gasteiger partial charge on any atom is -0.297 e. The van der Waals surface area contributed by atoms with Gasteiger partial charge in [0.25, 0.3) is 0 Å². The Bertz CT molecular complexity index is 824. The number of nitrogens with one attached hydrogen (secondary N) is 1. The summed E-state index contributed by atoms with van der Waals surface area (Å²) in [6, 6.07) is 2.00. The fraction of sp³-hybridized carbons (Fsp3) is 0.625. The van der Waals surface area contributed by atoms with E-state index in [4.69, 9.17) is 0 Å². The summed E-state index contributed by atoms with van der Waals surface area (Å²) in [7, 11) is -1.88. The van der Waals surface area contributed by atoms with Gasteiger partial charge >= 0.3 is 0 Å². The fourth-order valence-electron chi connectivity index (χ4n) is 3.14. The van der Waals surface area contributed by atoms with E-state index in [2.05, 4.69) is 33.7 Å². The van der Waals surface area contributed by atoms with Gasteiger partial charge in [0, 0.05) is 39.4 Å². The van der Waals surface area contributed by atoms with Gasteiger partial charge < -0.3 is 0 Å². The van der Waals surface area contributed by atoms with Crippen molar-refractivity contribution in [1.29, 1.82) is 0 Å². The Labute approximate surface area is 148 Å². The Kier molecular flexibility index (Phi) is 5.26. The smallest absolute Gasteiger partial charge is 0.244 e. The highest BCUT2D eigenvalue weighted by Gasteiger charge is 2.19. The first kappa shape index (κ1) is 18.1. The molecule has 3 rings (SSSR count). The molecule has 0 amide bonds. The zero-order chi connectivity index (χ0) is 18.0. The highest BCUT2D eigenvalue weighted by Crippen LogP contribution is 2.16. The second kappa shape index (κ2) is 7.27. The summed E-state index contributed by atoms with van der Waals surface area (Å²) < 4.78 is 30.6. The van der Waals surface area contributed by atoms with Crippen molar-refractivity contribution in [3.05, 3.63) is 29.8 Å². The molecule has 0 aromatic carbocycles. The van der Waals surface area contributed by atoms with Gasteiger partial charge in [0.2, 0.25) is 10.0 Å². The first-order valence-corrected chi connectivity index (χ1v) is 10.1. The van der Waals surface area contributed by atoms with Crippen molar-refractivity contribution in [1.82, 2.24) is 29.2 Å². The second-order valence-electron chi connectivity index (χ2n) is 7.01. The number of hydrogen-bond donors (Lipinski definition) is 1. The molecule has 138 valence electrons. The van der Waals surface area contributed by atoms with Gasteiger partial charge in [0.05, 0.1) is 24.1 Å². The van der Waals surface area contributed by atoms with Gasteiger partial charge in [-0.05, 0) is 18.4 Å². The predicted molar refractivity (Wildman–Crippen MR) is 94.2 cm³/mol. The third-order valence-corrected chi connectivity index (χ3v) is 5.56. The molecule has 1 N–H and O–H groups in total. The normalized spacial score (nSPS) is 16.2. The van der Waals surface area contributed by atoms with Crippen LogP contribution < -0.4 is 4.72 Å². The zero-order valence-electron chi connectivity index (χ0n) is 15.0. The van der Waals surface area contributed by atoms with Crippen LogP contribution in [0.4, 0.5) is 0 Å². The van der Waals surface area contributed by atoms with Gasteiger partial charge in [-0.15, -0.1) is 0 Å². The minimum absolute atomic E-state index is 0.166. The van der Waals surface area contributed by atoms with E-state index < -0.39 is 10.0 Å². The van der Waals surface area contributed by atoms with E-state index in [9.17, 15) is 8.42 Å². The molecule has 0 saturated carbocycles. The lowest BCUT2D eigenvalue weighted by molar-refractivity contribution is 0.239. The molecule has 25 heavy (non-hydrogen) atoms. The van der Waals surface area contributed by atoms with Crippen molar-refractivity contribution >= 4 is 10.0 Å². The van der Waals surface area contributed by atoms with Gasteiger partial charge in [-0.25, -0.2) is 13.1 Å². The SMILES string of the molecule is CC(C)CN1CCCn2nc(CNS(=O)(=O)c3cnn(C)c3)cc2C1. The Balaban J connectivity index is 1.67. The number of rotatable bonds is 6. The van der Waals surface area contributed by atoms with E-state index in [1.165, 1.54) is 17.1 Å². The van der Waals surface area contributed by atoms with Crippen molar-refractivity contribution in [2.24, 2.45) is 13.0 Å². The number of fused-ring (bicyclic) bond motifs is 1. The summed E-state index contributed by atoms with van der Waals surface area (Å²) in [5, 5.41) is 8.47. The van der Waals surface area contributed by atoms with Crippen LogP contribution in [0, 0.1) is 5.92 Å². The van der Waals surface area contributed by atoms with Gasteiger partial charge in [-0.1, -0.05) is 13.8 Å². The molecule has 3 heterocycles. The first-order chi connectivity index (χ1) is 11.8. The van der Waals surface area contributed by atoms with Gasteiger partial charge in [-0.3, -0.25) is 14.3 Å². The number of aromatic nitrogens is 4. The third-order valence-electron chi connectivity index (χ3n) is 4.20. The van der Waals surface area contributed by atoms with Crippen molar-refractivity contribution in [2.75, 3.05) is 13.1 Å². The highest BCUT2D eigenvalue weighted by molar-refractivity contribution is 7.89. The van der Waals surface area contributed by atoms with E-state index in [1.54, 1.807) is 7.05 Å². The van der Waals surface area contributed by atoms with Crippen LogP contribution in [0.5, 0.6) is 0 Å². The molecule has 9 heteroatoms. The van der Waals surface area contributed by atoms with E-state index in [1.807, 2.05) is 10.7 Å². The number of nitrogens with zero attached hydrogens (tertiary/aromatic N) is 5. The number of aryl methyl sites for hydroxylation is 2. The molecule has 0 aliphatic carbocycles. The Morgan fingerprint density at radius 3 is 2.80 bits per heavy atom. The van der Waals surface area contributed by atoms with Crippen molar-refractivity contribution in [2.45, 2.75) is 44.8 Å². The molecule has 2 aromatic rings. The largest absolute Gasteiger partial charge is 0.297 e. The van der Waals surface area contributed by atoms with Crippen LogP contribution in [0.15, 0.2) is 23.4 Å². The number of sulfonamides is 1. The molecule has 2 aromatic heterocycles. The fourth-order valence-corrected chi connectivity index (χ4v) is 4.12. The van der Waals surface area contributed by atoms with E-state index >= 15 is 0 Å². The molecule has 0 unspecified atom stereocenters. The maximum atomic E-state index is 12.3. The maximum absolute atomic E-state index is 12.3. The molecular formula is C16H26N6O2S. The summed E-state index contributed by atoms with van der Waals surface area (Å²) in [5.41, 5.74) is 1.89. The van der Waals surface area contributed by atoms with Crippen LogP contribution >= 0.6 is 0 Å². The predicted octanol–water partition coefficient (Wildman–Crippen LogP) is 0.957. The third kappa shape index (κ3) is 4.47. The van der Waals surface area contributed by atoms with Crippen LogP contribution in [-0.2, 0) is 36.7 Å². The molecular weight excluding hydrogens is 340 g/mol. The molecule has 0 bridgehead atoms. The summed E-state index contributed by atoms with van der Waals surface area (Å²) in [6.45, 7) is 8.50. The molecule has 1 aliphatic rings. The van der Waals surface area contributed by atoms with Crippen molar-refractivity contribution in [3.8, 4) is 0 Å². The van der Waals surface area contributed by atoms with E-state index in [0.717, 1.165) is 44.0 Å². The molecule has 0 atom stereocenters. The topological polar surface area (TPSA) is 85.1 Å². The van der Waals surface area contributed by atoms with Gasteiger partial charge in [0.1, 0.15) is 4.90 Å². The zero-order valence-corrected chi connectivity index (χ0v) is 15.8. The quantitative estimate of drug-likeness (QED) is 0.823. The summed E-state index contributed by atoms with van der Waals surface area (Å²) in [6.07, 6.45) is 3.88. The van der Waals surface area contributed by atoms with Crippen molar-refractivity contribution < 1.29 is 8.42 Å². The maximum Gasteiger partial charge on any atom is 0.244 e. The monoisotopic (exact) mass is 366 g/mol. The van der Waals surface area contributed by atoms with E-state index in [-0.39, 0.29) is 11.4 Å². The lowest BCUT2D eigenvalue weighted by Crippen LogP contribution is -2.27. The Hall–Kier alpha value is -1.71. The van der Waals surface area contributed by atoms with Crippen LogP contribution in [-0.4, -0.2) is 46.0 Å². The molecule has 1 aliphatic heterocycles. The van der Waals surface area contributed by atoms with Crippen LogP contribution in [0.1, 0.15) is 31.7 Å². The standard InChI is InChI=1S/C16H26N6O2S/c1-13(2)10-21-5-4-6-22-15(11-21)7-14(19-22)8-18-25(23,24)16-9-17-20(3)12-16/h7,9,12-13,18H,4-6,8,10-11H2,1-3H3. The molecule has 8 nitrogen and oxygen atoms in total. The Morgan fingerprint density at radius 2 is 2.12 bits per heavy atom. The van der Waals surface area contributed by atoms with Crippen molar-refractivity contribution in [3.63, 3.8) is 0 Å². The first-order valence-electron chi connectivity index (χ1n) is 8.60. The Morgan fingerprint density at radius 1 is 1.32 bits per heavy atom. The second-order valence-corrected chi connectivity index (χ2v) is 8.77. The number of hydrogen-bond acceptors (Lipinski definition) is 5. The lowest BCUT2D eigenvalue weighted by atomic mass is 10.2. The van der Waals surface area contributed by atoms with E-state index in [0.29, 0.717) is 5.92 Å². The molecule has 0 fully saturated rings. The van der Waals surface area contributed by atoms with Gasteiger partial charge in [0.15, 0.2) is 0 Å². The van der Waals surface area contributed by atoms with Crippen LogP contribution in [0.3, 0.4) is 0 Å². The van der Waals surface area contributed by atoms with Gasteiger partial charge in [-0.2, -0.15) is 10.2 Å². The average molecular weight is 366 g/mol. The highest BCUT2D eigenvalue weighted by atomic mass is 32.2. The lowest BCUT2D eigenvalue weighted by Gasteiger charge is -2.21. The van der Waals surface area contributed by atoms with Crippen LogP contribution in [0.25, 0.3) is 0 Å². The van der Waals surface area contributed by atoms with Crippen LogP contribution in [0.2, 0.25) is 0 Å². The average Bonchev–Trinajstić information content (AvgIpc) is 3.08. The summed E-state index contributed by atoms with van der Waals surface area (Å²) in [4.78, 5) is 2.60. The summed E-state index contributed by atoms with van der Waals surface area (Å²) in [5.74, 6) is 0.625. The summed E-state index contributed by atoms with van der Waals surface area (Å²) >= 11 is 0. The molecule has 0 saturated heterocycles. The minimum atomic E-state index is -3.57. The molecule has 0 spiro atoms.